The van der Waals surface area contributed by atoms with E-state index < -0.39 is 10.8 Å². The van der Waals surface area contributed by atoms with Crippen LogP contribution in [-0.4, -0.2) is 39.6 Å². The molecule has 2 aromatic heterocycles. The summed E-state index contributed by atoms with van der Waals surface area (Å²) in [5.74, 6) is 1.25. The van der Waals surface area contributed by atoms with E-state index in [1.807, 2.05) is 6.07 Å². The Bertz CT molecular complexity index is 1020. The van der Waals surface area contributed by atoms with E-state index in [2.05, 4.69) is 20.3 Å². The average Bonchev–Trinajstić information content (AvgIpc) is 2.71. The van der Waals surface area contributed by atoms with Crippen LogP contribution >= 0.6 is 23.2 Å². The Kier molecular flexibility index (Phi) is 6.33. The second kappa shape index (κ2) is 8.72. The topological polar surface area (TPSA) is 86.2 Å². The molecule has 3 rings (SSSR count). The largest absolute Gasteiger partial charge is 0.495 e. The molecule has 0 spiro atoms. The number of hydrogen-bond acceptors (Lipinski definition) is 7. The lowest BCUT2D eigenvalue weighted by Crippen LogP contribution is -2.02. The van der Waals surface area contributed by atoms with Crippen LogP contribution in [0.3, 0.4) is 0 Å². The summed E-state index contributed by atoms with van der Waals surface area (Å²) in [5.41, 5.74) is 1.59. The number of rotatable bonds is 6. The lowest BCUT2D eigenvalue weighted by atomic mass is 10.1. The maximum absolute atomic E-state index is 11.8. The quantitative estimate of drug-likeness (QED) is 0.572. The third kappa shape index (κ3) is 4.04. The number of nitrogens with zero attached hydrogens (tertiary/aromatic N) is 3. The smallest absolute Gasteiger partial charge is 0.143 e. The molecular formula is C18H16Cl2N4O3S. The van der Waals surface area contributed by atoms with Crippen LogP contribution in [0, 0.1) is 0 Å². The van der Waals surface area contributed by atoms with Gasteiger partial charge in [0.1, 0.15) is 38.7 Å². The minimum atomic E-state index is -1.24. The molecule has 1 N–H and O–H groups in total. The van der Waals surface area contributed by atoms with Crippen LogP contribution in [0.1, 0.15) is 0 Å². The summed E-state index contributed by atoms with van der Waals surface area (Å²) in [6.45, 7) is 0. The van der Waals surface area contributed by atoms with Crippen molar-refractivity contribution in [1.29, 1.82) is 0 Å². The lowest BCUT2D eigenvalue weighted by molar-refractivity contribution is 0.395. The summed E-state index contributed by atoms with van der Waals surface area (Å²) in [6, 6.07) is 6.83. The Morgan fingerprint density at radius 1 is 1.04 bits per heavy atom. The number of pyridine rings is 1. The molecule has 0 fully saturated rings. The standard InChI is InChI=1S/C18H16Cl2N4O3S/c1-26-12-8-13(27-2)16(20)17(15(12)19)24-18-10(5-4-6-21-18)11-7-14(28(3)25)23-9-22-11/h4-9H,1-3H3,(H,21,24). The zero-order valence-electron chi connectivity index (χ0n) is 15.2. The summed E-state index contributed by atoms with van der Waals surface area (Å²) in [7, 11) is 1.75. The molecule has 0 saturated heterocycles. The van der Waals surface area contributed by atoms with Crippen LogP contribution in [0.15, 0.2) is 41.8 Å². The van der Waals surface area contributed by atoms with Crippen LogP contribution in [-0.2, 0) is 10.8 Å². The van der Waals surface area contributed by atoms with Gasteiger partial charge < -0.3 is 14.8 Å². The second-order valence-corrected chi connectivity index (χ2v) is 7.59. The van der Waals surface area contributed by atoms with E-state index in [9.17, 15) is 4.21 Å². The minimum absolute atomic E-state index is 0.281. The first-order valence-corrected chi connectivity index (χ1v) is 10.3. The van der Waals surface area contributed by atoms with Crippen molar-refractivity contribution in [2.24, 2.45) is 0 Å². The van der Waals surface area contributed by atoms with Gasteiger partial charge in [0, 0.05) is 24.1 Å². The molecule has 0 bridgehead atoms. The predicted octanol–water partition coefficient (Wildman–Crippen LogP) is 4.34. The molecule has 1 atom stereocenters. The van der Waals surface area contributed by atoms with Gasteiger partial charge in [-0.3, -0.25) is 4.21 Å². The summed E-state index contributed by atoms with van der Waals surface area (Å²) >= 11 is 12.9. The molecule has 0 aliphatic carbocycles. The lowest BCUT2D eigenvalue weighted by Gasteiger charge is -2.17. The van der Waals surface area contributed by atoms with Crippen LogP contribution in [0.5, 0.6) is 11.5 Å². The number of anilines is 2. The molecule has 0 aliphatic rings. The molecule has 0 amide bonds. The molecule has 28 heavy (non-hydrogen) atoms. The highest BCUT2D eigenvalue weighted by molar-refractivity contribution is 7.84. The van der Waals surface area contributed by atoms with Crippen molar-refractivity contribution in [3.8, 4) is 22.8 Å². The molecule has 0 aliphatic heterocycles. The Morgan fingerprint density at radius 2 is 1.71 bits per heavy atom. The molecule has 2 heterocycles. The van der Waals surface area contributed by atoms with Crippen molar-refractivity contribution >= 4 is 45.5 Å². The number of benzene rings is 1. The van der Waals surface area contributed by atoms with Crippen molar-refractivity contribution in [3.05, 3.63) is 46.8 Å². The molecule has 10 heteroatoms. The van der Waals surface area contributed by atoms with Crippen LogP contribution in [0.2, 0.25) is 10.0 Å². The van der Waals surface area contributed by atoms with Gasteiger partial charge in [-0.1, -0.05) is 23.2 Å². The third-order valence-corrected chi connectivity index (χ3v) is 5.40. The maximum Gasteiger partial charge on any atom is 0.143 e. The molecule has 1 aromatic carbocycles. The fraction of sp³-hybridized carbons (Fsp3) is 0.167. The molecule has 0 saturated carbocycles. The number of halogens is 2. The first kappa shape index (κ1) is 20.3. The number of nitrogens with one attached hydrogen (secondary N) is 1. The van der Waals surface area contributed by atoms with Gasteiger partial charge in [0.15, 0.2) is 0 Å². The highest BCUT2D eigenvalue weighted by atomic mass is 35.5. The Balaban J connectivity index is 2.11. The van der Waals surface area contributed by atoms with Gasteiger partial charge in [-0.2, -0.15) is 0 Å². The van der Waals surface area contributed by atoms with Gasteiger partial charge >= 0.3 is 0 Å². The number of methoxy groups -OCH3 is 2. The fourth-order valence-corrected chi connectivity index (χ4v) is 3.54. The minimum Gasteiger partial charge on any atom is -0.495 e. The highest BCUT2D eigenvalue weighted by Crippen LogP contribution is 2.45. The molecular weight excluding hydrogens is 423 g/mol. The van der Waals surface area contributed by atoms with Gasteiger partial charge in [-0.05, 0) is 18.2 Å². The van der Waals surface area contributed by atoms with Gasteiger partial charge in [0.2, 0.25) is 0 Å². The van der Waals surface area contributed by atoms with Crippen molar-refractivity contribution < 1.29 is 13.7 Å². The first-order valence-electron chi connectivity index (χ1n) is 7.94. The Hall–Kier alpha value is -2.42. The fourth-order valence-electron chi connectivity index (χ4n) is 2.47. The van der Waals surface area contributed by atoms with E-state index in [1.54, 1.807) is 30.7 Å². The Morgan fingerprint density at radius 3 is 2.32 bits per heavy atom. The summed E-state index contributed by atoms with van der Waals surface area (Å²) < 4.78 is 22.3. The van der Waals surface area contributed by atoms with Crippen molar-refractivity contribution in [2.45, 2.75) is 5.03 Å². The van der Waals surface area contributed by atoms with Crippen LogP contribution in [0.25, 0.3) is 11.3 Å². The summed E-state index contributed by atoms with van der Waals surface area (Å²) in [4.78, 5) is 12.7. The van der Waals surface area contributed by atoms with E-state index >= 15 is 0 Å². The van der Waals surface area contributed by atoms with Gasteiger partial charge in [0.25, 0.3) is 0 Å². The van der Waals surface area contributed by atoms with Crippen molar-refractivity contribution in [3.63, 3.8) is 0 Å². The molecule has 7 nitrogen and oxygen atoms in total. The predicted molar refractivity (Wildman–Crippen MR) is 110 cm³/mol. The van der Waals surface area contributed by atoms with Gasteiger partial charge in [0.05, 0.1) is 36.4 Å². The summed E-state index contributed by atoms with van der Waals surface area (Å²) in [5, 5.41) is 4.11. The Labute approximate surface area is 174 Å². The first-order chi connectivity index (χ1) is 13.5. The maximum atomic E-state index is 11.8. The molecule has 1 unspecified atom stereocenters. The van der Waals surface area contributed by atoms with Gasteiger partial charge in [-0.25, -0.2) is 15.0 Å². The normalized spacial score (nSPS) is 11.8. The van der Waals surface area contributed by atoms with E-state index in [4.69, 9.17) is 32.7 Å². The monoisotopic (exact) mass is 438 g/mol. The van der Waals surface area contributed by atoms with E-state index in [0.29, 0.717) is 39.3 Å². The van der Waals surface area contributed by atoms with Crippen LogP contribution in [0.4, 0.5) is 11.5 Å². The molecule has 0 radical (unpaired) electrons. The van der Waals surface area contributed by atoms with Gasteiger partial charge in [-0.15, -0.1) is 0 Å². The summed E-state index contributed by atoms with van der Waals surface area (Å²) in [6.07, 6.45) is 4.53. The zero-order chi connectivity index (χ0) is 20.3. The molecule has 146 valence electrons. The van der Waals surface area contributed by atoms with E-state index in [1.165, 1.54) is 20.5 Å². The SMILES string of the molecule is COc1cc(OC)c(Cl)c(Nc2ncccc2-c2cc(S(C)=O)ncn2)c1Cl. The zero-order valence-corrected chi connectivity index (χ0v) is 17.5. The van der Waals surface area contributed by atoms with Crippen molar-refractivity contribution in [2.75, 3.05) is 25.8 Å². The third-order valence-electron chi connectivity index (χ3n) is 3.84. The number of aromatic nitrogens is 3. The van der Waals surface area contributed by atoms with Crippen LogP contribution < -0.4 is 14.8 Å². The number of ether oxygens (including phenoxy) is 2. The second-order valence-electron chi connectivity index (χ2n) is 5.50. The molecule has 3 aromatic rings. The average molecular weight is 439 g/mol. The highest BCUT2D eigenvalue weighted by Gasteiger charge is 2.19. The van der Waals surface area contributed by atoms with Crippen molar-refractivity contribution in [1.82, 2.24) is 15.0 Å². The van der Waals surface area contributed by atoms with E-state index in [0.717, 1.165) is 0 Å². The number of hydrogen-bond donors (Lipinski definition) is 1. The van der Waals surface area contributed by atoms with E-state index in [-0.39, 0.29) is 10.0 Å².